The lowest BCUT2D eigenvalue weighted by molar-refractivity contribution is 0.413. The molecule has 0 saturated carbocycles. The van der Waals surface area contributed by atoms with Gasteiger partial charge in [0.25, 0.3) is 0 Å². The number of hydrogen-bond donors (Lipinski definition) is 0. The number of rotatable bonds is 1. The maximum Gasteiger partial charge on any atom is 0.153 e. The Morgan fingerprint density at radius 1 is 1.29 bits per heavy atom. The van der Waals surface area contributed by atoms with Crippen LogP contribution in [-0.2, 0) is 5.54 Å². The molecule has 0 unspecified atom stereocenters. The fourth-order valence-corrected chi connectivity index (χ4v) is 3.22. The van der Waals surface area contributed by atoms with Gasteiger partial charge in [-0.25, -0.2) is 9.97 Å². The van der Waals surface area contributed by atoms with E-state index in [1.165, 1.54) is 0 Å². The number of nitriles is 1. The molecule has 0 aliphatic carbocycles. The van der Waals surface area contributed by atoms with Gasteiger partial charge in [-0.1, -0.05) is 0 Å². The van der Waals surface area contributed by atoms with Crippen molar-refractivity contribution >= 4 is 22.4 Å². The van der Waals surface area contributed by atoms with Gasteiger partial charge in [0.1, 0.15) is 0 Å². The highest BCUT2D eigenvalue weighted by molar-refractivity contribution is 7.15. The Balaban J connectivity index is 2.35. The summed E-state index contributed by atoms with van der Waals surface area (Å²) in [5.41, 5.74) is 2.43. The molecule has 0 spiro atoms. The zero-order valence-corrected chi connectivity index (χ0v) is 13.3. The predicted molar refractivity (Wildman–Crippen MR) is 85.3 cm³/mol. The van der Waals surface area contributed by atoms with E-state index in [2.05, 4.69) is 36.4 Å². The van der Waals surface area contributed by atoms with Gasteiger partial charge < -0.3 is 4.57 Å². The molecule has 0 saturated heterocycles. The van der Waals surface area contributed by atoms with Crippen molar-refractivity contribution in [3.05, 3.63) is 35.0 Å². The van der Waals surface area contributed by atoms with Crippen molar-refractivity contribution in [3.63, 3.8) is 0 Å². The normalized spacial score (nSPS) is 11.8. The van der Waals surface area contributed by atoms with Crippen LogP contribution in [0.4, 0.5) is 0 Å². The molecule has 0 radical (unpaired) electrons. The Labute approximate surface area is 127 Å². The number of nitrogens with zero attached hydrogens (tertiary/aromatic N) is 4. The molecule has 1 aromatic carbocycles. The summed E-state index contributed by atoms with van der Waals surface area (Å²) >= 11 is 1.64. The monoisotopic (exact) mass is 296 g/mol. The molecule has 0 bridgehead atoms. The summed E-state index contributed by atoms with van der Waals surface area (Å²) in [5, 5.41) is 10.1. The predicted octanol–water partition coefficient (Wildman–Crippen LogP) is 4.09. The summed E-state index contributed by atoms with van der Waals surface area (Å²) in [4.78, 5) is 10.1. The van der Waals surface area contributed by atoms with Crippen LogP contribution in [0, 0.1) is 18.3 Å². The van der Waals surface area contributed by atoms with Gasteiger partial charge >= 0.3 is 0 Å². The van der Waals surface area contributed by atoms with Gasteiger partial charge in [0.05, 0.1) is 32.6 Å². The molecule has 2 aromatic heterocycles. The third kappa shape index (κ3) is 2.32. The number of imidazole rings is 1. The van der Waals surface area contributed by atoms with E-state index in [9.17, 15) is 0 Å². The maximum absolute atomic E-state index is 9.06. The highest BCUT2D eigenvalue weighted by Crippen LogP contribution is 2.33. The second-order valence-corrected chi connectivity index (χ2v) is 7.24. The first-order valence-corrected chi connectivity index (χ1v) is 7.57. The van der Waals surface area contributed by atoms with Gasteiger partial charge in [-0.2, -0.15) is 5.26 Å². The van der Waals surface area contributed by atoms with Gasteiger partial charge in [0.2, 0.25) is 0 Å². The molecule has 106 valence electrons. The lowest BCUT2D eigenvalue weighted by Gasteiger charge is -2.24. The van der Waals surface area contributed by atoms with Crippen LogP contribution >= 0.6 is 11.3 Å². The van der Waals surface area contributed by atoms with Crippen LogP contribution in [0.25, 0.3) is 21.7 Å². The number of hydrogen-bond acceptors (Lipinski definition) is 4. The average molecular weight is 296 g/mol. The number of fused-ring (bicyclic) bond motifs is 1. The molecule has 3 rings (SSSR count). The Kier molecular flexibility index (Phi) is 3.07. The van der Waals surface area contributed by atoms with Crippen LogP contribution in [0.3, 0.4) is 0 Å². The van der Waals surface area contributed by atoms with Gasteiger partial charge in [0.15, 0.2) is 5.82 Å². The van der Waals surface area contributed by atoms with Crippen LogP contribution < -0.4 is 0 Å². The minimum Gasteiger partial charge on any atom is -0.318 e. The number of thiazole rings is 1. The first kappa shape index (κ1) is 13.8. The van der Waals surface area contributed by atoms with Crippen LogP contribution in [0.5, 0.6) is 0 Å². The third-order valence-electron chi connectivity index (χ3n) is 3.30. The Morgan fingerprint density at radius 2 is 2.05 bits per heavy atom. The molecule has 0 N–H and O–H groups in total. The summed E-state index contributed by atoms with van der Waals surface area (Å²) in [6.45, 7) is 8.46. The van der Waals surface area contributed by atoms with E-state index in [1.807, 2.05) is 31.3 Å². The van der Waals surface area contributed by atoms with Crippen molar-refractivity contribution in [2.45, 2.75) is 33.2 Å². The van der Waals surface area contributed by atoms with Crippen LogP contribution in [0.2, 0.25) is 0 Å². The van der Waals surface area contributed by atoms with Crippen molar-refractivity contribution in [1.29, 1.82) is 5.26 Å². The van der Waals surface area contributed by atoms with Crippen LogP contribution in [-0.4, -0.2) is 14.5 Å². The molecule has 0 aliphatic heterocycles. The summed E-state index contributed by atoms with van der Waals surface area (Å²) in [5.74, 6) is 0.915. The van der Waals surface area contributed by atoms with E-state index < -0.39 is 0 Å². The zero-order chi connectivity index (χ0) is 15.2. The third-order valence-corrected chi connectivity index (χ3v) is 4.20. The van der Waals surface area contributed by atoms with Crippen molar-refractivity contribution in [1.82, 2.24) is 14.5 Å². The Bertz CT molecular complexity index is 859. The van der Waals surface area contributed by atoms with Gasteiger partial charge in [-0.15, -0.1) is 11.3 Å². The van der Waals surface area contributed by atoms with Gasteiger partial charge in [-0.05, 0) is 45.9 Å². The quantitative estimate of drug-likeness (QED) is 0.679. The van der Waals surface area contributed by atoms with Crippen LogP contribution in [0.15, 0.2) is 24.4 Å². The SMILES string of the molecule is Cc1ncc(-c2nc3cc(C#N)ccc3n2C(C)(C)C)s1. The Hall–Kier alpha value is -2.19. The summed E-state index contributed by atoms with van der Waals surface area (Å²) < 4.78 is 2.22. The maximum atomic E-state index is 9.06. The highest BCUT2D eigenvalue weighted by Gasteiger charge is 2.23. The van der Waals surface area contributed by atoms with E-state index in [1.54, 1.807) is 11.3 Å². The standard InChI is InChI=1S/C16H16N4S/c1-10-18-9-14(21-10)15-19-12-7-11(8-17)5-6-13(12)20(15)16(2,3)4/h5-7,9H,1-4H3. The summed E-state index contributed by atoms with van der Waals surface area (Å²) in [6.07, 6.45) is 1.87. The molecule has 21 heavy (non-hydrogen) atoms. The van der Waals surface area contributed by atoms with E-state index in [0.29, 0.717) is 5.56 Å². The second kappa shape index (κ2) is 4.68. The zero-order valence-electron chi connectivity index (χ0n) is 12.5. The molecule has 2 heterocycles. The molecule has 4 nitrogen and oxygen atoms in total. The molecular weight excluding hydrogens is 280 g/mol. The lowest BCUT2D eigenvalue weighted by Crippen LogP contribution is -2.22. The first-order chi connectivity index (χ1) is 9.90. The van der Waals surface area contributed by atoms with E-state index in [4.69, 9.17) is 10.2 Å². The van der Waals surface area contributed by atoms with Crippen molar-refractivity contribution in [3.8, 4) is 16.8 Å². The van der Waals surface area contributed by atoms with Gasteiger partial charge in [-0.3, -0.25) is 0 Å². The number of aryl methyl sites for hydroxylation is 1. The molecule has 0 aliphatic rings. The minimum absolute atomic E-state index is 0.101. The Morgan fingerprint density at radius 3 is 2.62 bits per heavy atom. The first-order valence-electron chi connectivity index (χ1n) is 6.76. The van der Waals surface area contributed by atoms with Gasteiger partial charge in [0, 0.05) is 11.7 Å². The van der Waals surface area contributed by atoms with Crippen molar-refractivity contribution in [2.24, 2.45) is 0 Å². The van der Waals surface area contributed by atoms with Crippen molar-refractivity contribution in [2.75, 3.05) is 0 Å². The van der Waals surface area contributed by atoms with E-state index >= 15 is 0 Å². The average Bonchev–Trinajstić information content (AvgIpc) is 3.00. The fraction of sp³-hybridized carbons (Fsp3) is 0.312. The summed E-state index contributed by atoms with van der Waals surface area (Å²) in [7, 11) is 0. The second-order valence-electron chi connectivity index (χ2n) is 6.00. The fourth-order valence-electron chi connectivity index (χ4n) is 2.46. The molecular formula is C16H16N4S. The number of aromatic nitrogens is 3. The van der Waals surface area contributed by atoms with Crippen LogP contribution in [0.1, 0.15) is 31.3 Å². The molecule has 5 heteroatoms. The molecule has 0 atom stereocenters. The highest BCUT2D eigenvalue weighted by atomic mass is 32.1. The molecule has 0 fully saturated rings. The largest absolute Gasteiger partial charge is 0.318 e. The smallest absolute Gasteiger partial charge is 0.153 e. The number of benzene rings is 1. The topological polar surface area (TPSA) is 54.5 Å². The summed E-state index contributed by atoms with van der Waals surface area (Å²) in [6, 6.07) is 7.83. The minimum atomic E-state index is -0.101. The molecule has 3 aromatic rings. The molecule has 0 amide bonds. The van der Waals surface area contributed by atoms with E-state index in [0.717, 1.165) is 26.7 Å². The van der Waals surface area contributed by atoms with Crippen molar-refractivity contribution < 1.29 is 0 Å². The van der Waals surface area contributed by atoms with E-state index in [-0.39, 0.29) is 5.54 Å². The lowest BCUT2D eigenvalue weighted by atomic mass is 10.1.